The molecule has 0 saturated carbocycles. The van der Waals surface area contributed by atoms with E-state index >= 15 is 0 Å². The zero-order valence-corrected chi connectivity index (χ0v) is 15.9. The zero-order valence-electron chi connectivity index (χ0n) is 15.9. The van der Waals surface area contributed by atoms with Crippen molar-refractivity contribution in [3.05, 3.63) is 75.7 Å². The second-order valence-corrected chi connectivity index (χ2v) is 6.81. The molecule has 142 valence electrons. The van der Waals surface area contributed by atoms with Gasteiger partial charge in [-0.25, -0.2) is 4.79 Å². The number of esters is 1. The fourth-order valence-electron chi connectivity index (χ4n) is 2.96. The highest BCUT2D eigenvalue weighted by Gasteiger charge is 2.28. The summed E-state index contributed by atoms with van der Waals surface area (Å²) in [5, 5.41) is 9.21. The summed E-state index contributed by atoms with van der Waals surface area (Å²) >= 11 is 0. The Bertz CT molecular complexity index is 1080. The first-order chi connectivity index (χ1) is 13.3. The third-order valence-corrected chi connectivity index (χ3v) is 4.14. The van der Waals surface area contributed by atoms with E-state index in [9.17, 15) is 14.9 Å². The summed E-state index contributed by atoms with van der Waals surface area (Å²) in [6.07, 6.45) is 6.32. The Kier molecular flexibility index (Phi) is 5.18. The number of ether oxygens (including phenoxy) is 2. The van der Waals surface area contributed by atoms with Gasteiger partial charge in [0.05, 0.1) is 23.9 Å². The van der Waals surface area contributed by atoms with E-state index in [2.05, 4.69) is 6.07 Å². The molecule has 0 unspecified atom stereocenters. The molecule has 0 N–H and O–H groups in total. The van der Waals surface area contributed by atoms with Gasteiger partial charge in [0.15, 0.2) is 0 Å². The van der Waals surface area contributed by atoms with Crippen molar-refractivity contribution in [2.24, 2.45) is 0 Å². The molecule has 6 nitrogen and oxygen atoms in total. The lowest BCUT2D eigenvalue weighted by molar-refractivity contribution is -0.137. The van der Waals surface area contributed by atoms with Crippen molar-refractivity contribution in [1.82, 2.24) is 4.57 Å². The first-order valence-corrected chi connectivity index (χ1v) is 8.87. The number of rotatable bonds is 4. The van der Waals surface area contributed by atoms with Crippen LogP contribution < -0.4 is 10.3 Å². The van der Waals surface area contributed by atoms with E-state index in [1.807, 2.05) is 19.9 Å². The lowest BCUT2D eigenvalue weighted by Gasteiger charge is -2.31. The maximum absolute atomic E-state index is 12.8. The van der Waals surface area contributed by atoms with Gasteiger partial charge in [0, 0.05) is 23.9 Å². The number of carbonyl (C=O) groups is 1. The summed E-state index contributed by atoms with van der Waals surface area (Å²) in [5.41, 5.74) is 1.52. The van der Waals surface area contributed by atoms with E-state index in [1.54, 1.807) is 37.4 Å². The SMILES string of the molecule is CCOC(=O)/C=C/c1ccn(C2=CC(C)(C)Oc3ccc(C#N)cc32)c(=O)c1. The van der Waals surface area contributed by atoms with Gasteiger partial charge in [-0.15, -0.1) is 0 Å². The Labute approximate surface area is 162 Å². The Balaban J connectivity index is 2.03. The van der Waals surface area contributed by atoms with Crippen molar-refractivity contribution in [1.29, 1.82) is 5.26 Å². The number of aromatic nitrogens is 1. The predicted octanol–water partition coefficient (Wildman–Crippen LogP) is 3.36. The van der Waals surface area contributed by atoms with Gasteiger partial charge in [-0.1, -0.05) is 0 Å². The van der Waals surface area contributed by atoms with E-state index in [0.717, 1.165) is 0 Å². The number of nitrogens with zero attached hydrogens (tertiary/aromatic N) is 2. The Morgan fingerprint density at radius 2 is 2.11 bits per heavy atom. The van der Waals surface area contributed by atoms with Crippen molar-refractivity contribution < 1.29 is 14.3 Å². The minimum absolute atomic E-state index is 0.261. The van der Waals surface area contributed by atoms with Gasteiger partial charge in [-0.3, -0.25) is 9.36 Å². The number of benzene rings is 1. The Morgan fingerprint density at radius 3 is 2.79 bits per heavy atom. The molecule has 1 aromatic heterocycles. The first kappa shape index (κ1) is 19.2. The van der Waals surface area contributed by atoms with Gasteiger partial charge in [-0.05, 0) is 62.8 Å². The monoisotopic (exact) mass is 376 g/mol. The molecule has 1 aliphatic rings. The molecule has 28 heavy (non-hydrogen) atoms. The summed E-state index contributed by atoms with van der Waals surface area (Å²) in [4.78, 5) is 24.2. The van der Waals surface area contributed by atoms with E-state index in [1.165, 1.54) is 22.8 Å². The van der Waals surface area contributed by atoms with Gasteiger partial charge in [0.2, 0.25) is 0 Å². The number of hydrogen-bond donors (Lipinski definition) is 0. The average Bonchev–Trinajstić information content (AvgIpc) is 2.65. The van der Waals surface area contributed by atoms with Gasteiger partial charge >= 0.3 is 5.97 Å². The molecule has 0 bridgehead atoms. The molecule has 1 aliphatic heterocycles. The third-order valence-electron chi connectivity index (χ3n) is 4.14. The molecule has 1 aromatic carbocycles. The highest BCUT2D eigenvalue weighted by Crippen LogP contribution is 2.36. The molecule has 0 radical (unpaired) electrons. The Hall–Kier alpha value is -3.59. The normalized spacial score (nSPS) is 14.6. The summed E-state index contributed by atoms with van der Waals surface area (Å²) in [7, 11) is 0. The largest absolute Gasteiger partial charge is 0.483 e. The quantitative estimate of drug-likeness (QED) is 0.604. The molecule has 0 spiro atoms. The number of pyridine rings is 1. The van der Waals surface area contributed by atoms with Crippen molar-refractivity contribution in [3.8, 4) is 11.8 Å². The molecule has 3 rings (SSSR count). The van der Waals surface area contributed by atoms with Crippen LogP contribution in [0.5, 0.6) is 5.75 Å². The van der Waals surface area contributed by atoms with Crippen LogP contribution in [0, 0.1) is 11.3 Å². The van der Waals surface area contributed by atoms with Crippen LogP contribution >= 0.6 is 0 Å². The van der Waals surface area contributed by atoms with Crippen LogP contribution in [0.1, 0.15) is 37.5 Å². The van der Waals surface area contributed by atoms with Crippen molar-refractivity contribution in [2.45, 2.75) is 26.4 Å². The Morgan fingerprint density at radius 1 is 1.32 bits per heavy atom. The molecule has 2 heterocycles. The molecule has 0 amide bonds. The van der Waals surface area contributed by atoms with Crippen LogP contribution in [-0.2, 0) is 9.53 Å². The summed E-state index contributed by atoms with van der Waals surface area (Å²) in [6, 6.07) is 10.4. The van der Waals surface area contributed by atoms with Crippen LogP contribution in [0.25, 0.3) is 11.8 Å². The van der Waals surface area contributed by atoms with Crippen LogP contribution in [0.3, 0.4) is 0 Å². The molecular formula is C22H20N2O4. The summed E-state index contributed by atoms with van der Waals surface area (Å²) in [6.45, 7) is 5.82. The maximum atomic E-state index is 12.8. The van der Waals surface area contributed by atoms with E-state index in [-0.39, 0.29) is 5.56 Å². The predicted molar refractivity (Wildman–Crippen MR) is 106 cm³/mol. The van der Waals surface area contributed by atoms with Gasteiger partial charge in [0.1, 0.15) is 11.4 Å². The number of carbonyl (C=O) groups excluding carboxylic acids is 1. The zero-order chi connectivity index (χ0) is 20.3. The van der Waals surface area contributed by atoms with Crippen LogP contribution in [0.15, 0.2) is 53.5 Å². The molecular weight excluding hydrogens is 356 g/mol. The maximum Gasteiger partial charge on any atom is 0.330 e. The fourth-order valence-corrected chi connectivity index (χ4v) is 2.96. The molecule has 0 aliphatic carbocycles. The second-order valence-electron chi connectivity index (χ2n) is 6.81. The topological polar surface area (TPSA) is 81.3 Å². The summed E-state index contributed by atoms with van der Waals surface area (Å²) < 4.78 is 12.3. The van der Waals surface area contributed by atoms with E-state index < -0.39 is 11.6 Å². The number of nitriles is 1. The van der Waals surface area contributed by atoms with E-state index in [4.69, 9.17) is 9.47 Å². The second kappa shape index (κ2) is 7.57. The average molecular weight is 376 g/mol. The fraction of sp³-hybridized carbons (Fsp3) is 0.227. The van der Waals surface area contributed by atoms with Gasteiger partial charge < -0.3 is 9.47 Å². The molecule has 0 saturated heterocycles. The van der Waals surface area contributed by atoms with Crippen molar-refractivity contribution in [2.75, 3.05) is 6.61 Å². The van der Waals surface area contributed by atoms with Gasteiger partial charge in [-0.2, -0.15) is 5.26 Å². The highest BCUT2D eigenvalue weighted by atomic mass is 16.5. The summed E-state index contributed by atoms with van der Waals surface area (Å²) in [5.74, 6) is 0.151. The molecule has 2 aromatic rings. The minimum Gasteiger partial charge on any atom is -0.483 e. The number of hydrogen-bond acceptors (Lipinski definition) is 5. The third kappa shape index (κ3) is 4.04. The smallest absolute Gasteiger partial charge is 0.330 e. The number of fused-ring (bicyclic) bond motifs is 1. The molecule has 0 atom stereocenters. The molecule has 6 heteroatoms. The minimum atomic E-state index is -0.613. The molecule has 0 fully saturated rings. The van der Waals surface area contributed by atoms with Crippen LogP contribution in [0.2, 0.25) is 0 Å². The van der Waals surface area contributed by atoms with Crippen molar-refractivity contribution in [3.63, 3.8) is 0 Å². The lowest BCUT2D eigenvalue weighted by Crippen LogP contribution is -2.32. The highest BCUT2D eigenvalue weighted by molar-refractivity contribution is 5.87. The van der Waals surface area contributed by atoms with Crippen LogP contribution in [-0.4, -0.2) is 22.7 Å². The lowest BCUT2D eigenvalue weighted by atomic mass is 9.97. The van der Waals surface area contributed by atoms with Crippen molar-refractivity contribution >= 4 is 17.7 Å². The van der Waals surface area contributed by atoms with E-state index in [0.29, 0.717) is 34.7 Å². The first-order valence-electron chi connectivity index (χ1n) is 8.87. The standard InChI is InChI=1S/C22H20N2O4/c1-4-27-21(26)8-6-15-9-10-24(20(25)12-15)18-13-22(2,3)28-19-7-5-16(14-23)11-17(18)19/h5-13H,4H2,1-3H3/b8-6+. The van der Waals surface area contributed by atoms with Crippen LogP contribution in [0.4, 0.5) is 0 Å². The van der Waals surface area contributed by atoms with Gasteiger partial charge in [0.25, 0.3) is 5.56 Å².